The number of aryl methyl sites for hydroxylation is 1. The molecule has 0 radical (unpaired) electrons. The summed E-state index contributed by atoms with van der Waals surface area (Å²) in [5.74, 6) is 0.610. The van der Waals surface area contributed by atoms with Crippen LogP contribution in [0.25, 0.3) is 16.9 Å². The van der Waals surface area contributed by atoms with Gasteiger partial charge in [-0.1, -0.05) is 24.3 Å². The molecule has 1 amide bonds. The number of fused-ring (bicyclic) bond motifs is 1. The first-order valence-electron chi connectivity index (χ1n) is 11.9. The minimum Gasteiger partial charge on any atom is -0.389 e. The Morgan fingerprint density at radius 2 is 1.91 bits per heavy atom. The highest BCUT2D eigenvalue weighted by atomic mass is 16.3. The van der Waals surface area contributed by atoms with Crippen molar-refractivity contribution in [3.05, 3.63) is 71.9 Å². The number of carbonyl (C=O) groups is 1. The second kappa shape index (κ2) is 9.03. The molecule has 1 fully saturated rings. The zero-order valence-corrected chi connectivity index (χ0v) is 20.2. The molecule has 4 aromatic rings. The van der Waals surface area contributed by atoms with E-state index in [0.29, 0.717) is 29.6 Å². The zero-order valence-electron chi connectivity index (χ0n) is 20.2. The summed E-state index contributed by atoms with van der Waals surface area (Å²) in [6.45, 7) is 5.80. The number of anilines is 3. The summed E-state index contributed by atoms with van der Waals surface area (Å²) in [7, 11) is 0. The van der Waals surface area contributed by atoms with Crippen LogP contribution in [0.4, 0.5) is 17.2 Å². The van der Waals surface area contributed by atoms with Crippen molar-refractivity contribution in [1.82, 2.24) is 19.9 Å². The molecule has 0 bridgehead atoms. The minimum atomic E-state index is -0.892. The molecule has 5 rings (SSSR count). The Morgan fingerprint density at radius 1 is 1.14 bits per heavy atom. The highest BCUT2D eigenvalue weighted by Gasteiger charge is 2.24. The Kier molecular flexibility index (Phi) is 5.90. The number of hydrogen-bond donors (Lipinski definition) is 4. The van der Waals surface area contributed by atoms with E-state index in [0.717, 1.165) is 41.0 Å². The molecular weight excluding hydrogens is 440 g/mol. The average Bonchev–Trinajstić information content (AvgIpc) is 3.53. The van der Waals surface area contributed by atoms with Gasteiger partial charge in [-0.25, -0.2) is 9.50 Å². The lowest BCUT2D eigenvalue weighted by molar-refractivity contribution is 0.0940. The molecule has 1 aliphatic rings. The lowest BCUT2D eigenvalue weighted by Crippen LogP contribution is -2.29. The van der Waals surface area contributed by atoms with Crippen molar-refractivity contribution in [2.75, 3.05) is 17.2 Å². The Balaban J connectivity index is 1.53. The quantitative estimate of drug-likeness (QED) is 0.302. The predicted octanol–water partition coefficient (Wildman–Crippen LogP) is 4.52. The lowest BCUT2D eigenvalue weighted by Gasteiger charge is -2.19. The summed E-state index contributed by atoms with van der Waals surface area (Å²) in [5, 5.41) is 24.8. The molecule has 8 heteroatoms. The van der Waals surface area contributed by atoms with Crippen LogP contribution in [0.2, 0.25) is 0 Å². The van der Waals surface area contributed by atoms with Crippen molar-refractivity contribution in [3.8, 4) is 11.3 Å². The van der Waals surface area contributed by atoms with E-state index in [1.165, 1.54) is 0 Å². The molecule has 4 N–H and O–H groups in total. The summed E-state index contributed by atoms with van der Waals surface area (Å²) in [6.07, 6.45) is 3.89. The lowest BCUT2D eigenvalue weighted by atomic mass is 10.0. The minimum absolute atomic E-state index is 0.0275. The van der Waals surface area contributed by atoms with E-state index in [2.05, 4.69) is 20.9 Å². The number of imidazole rings is 1. The van der Waals surface area contributed by atoms with Crippen LogP contribution < -0.4 is 16.0 Å². The van der Waals surface area contributed by atoms with E-state index < -0.39 is 5.60 Å². The van der Waals surface area contributed by atoms with Gasteiger partial charge in [0.1, 0.15) is 0 Å². The van der Waals surface area contributed by atoms with Gasteiger partial charge in [0.2, 0.25) is 0 Å². The van der Waals surface area contributed by atoms with E-state index in [9.17, 15) is 9.90 Å². The molecule has 0 aliphatic heterocycles. The van der Waals surface area contributed by atoms with Gasteiger partial charge in [0, 0.05) is 35.5 Å². The highest BCUT2D eigenvalue weighted by Crippen LogP contribution is 2.29. The molecule has 8 nitrogen and oxygen atoms in total. The molecule has 0 atom stereocenters. The Morgan fingerprint density at radius 3 is 2.60 bits per heavy atom. The predicted molar refractivity (Wildman–Crippen MR) is 138 cm³/mol. The molecular formula is C27H30N6O2. The maximum atomic E-state index is 12.6. The molecule has 180 valence electrons. The Hall–Kier alpha value is -3.91. The second-order valence-electron chi connectivity index (χ2n) is 9.76. The van der Waals surface area contributed by atoms with E-state index in [-0.39, 0.29) is 5.91 Å². The number of carbonyl (C=O) groups excluding carboxylic acids is 1. The fraction of sp³-hybridized carbons (Fsp3) is 0.296. The first kappa shape index (κ1) is 22.9. The standard InChI is InChI=1S/C27H30N6O2/c1-17-13-18(9-12-21(17)26(34)31-20-10-11-20)23-15-28-25-22(29-16-27(2,3)35)14-24(32-33(23)25)30-19-7-5-4-6-8-19/h4-9,12-15,20,29,35H,10-11,16H2,1-3H3,(H,30,32)(H,31,34). The largest absolute Gasteiger partial charge is 0.389 e. The molecule has 2 aromatic heterocycles. The molecule has 0 spiro atoms. The number of amides is 1. The second-order valence-corrected chi connectivity index (χ2v) is 9.76. The van der Waals surface area contributed by atoms with Gasteiger partial charge in [-0.2, -0.15) is 0 Å². The normalized spacial score (nSPS) is 13.6. The third-order valence-electron chi connectivity index (χ3n) is 5.90. The van der Waals surface area contributed by atoms with Crippen LogP contribution in [0.5, 0.6) is 0 Å². The van der Waals surface area contributed by atoms with Crippen LogP contribution in [-0.4, -0.2) is 43.8 Å². The first-order chi connectivity index (χ1) is 16.8. The number of para-hydroxylation sites is 1. The fourth-order valence-corrected chi connectivity index (χ4v) is 3.91. The van der Waals surface area contributed by atoms with Gasteiger partial charge in [-0.15, -0.1) is 5.10 Å². The van der Waals surface area contributed by atoms with Gasteiger partial charge in [0.15, 0.2) is 11.5 Å². The monoisotopic (exact) mass is 470 g/mol. The number of rotatable bonds is 8. The number of nitrogens with one attached hydrogen (secondary N) is 3. The highest BCUT2D eigenvalue weighted by molar-refractivity contribution is 5.96. The van der Waals surface area contributed by atoms with Crippen LogP contribution in [0.1, 0.15) is 42.6 Å². The first-order valence-corrected chi connectivity index (χ1v) is 11.9. The molecule has 35 heavy (non-hydrogen) atoms. The van der Waals surface area contributed by atoms with Crippen LogP contribution in [0, 0.1) is 6.92 Å². The molecule has 0 saturated heterocycles. The van der Waals surface area contributed by atoms with Gasteiger partial charge in [0.25, 0.3) is 5.91 Å². The zero-order chi connectivity index (χ0) is 24.6. The molecule has 0 unspecified atom stereocenters. The van der Waals surface area contributed by atoms with Gasteiger partial charge < -0.3 is 21.1 Å². The van der Waals surface area contributed by atoms with Crippen LogP contribution in [0.3, 0.4) is 0 Å². The fourth-order valence-electron chi connectivity index (χ4n) is 3.91. The number of nitrogens with zero attached hydrogens (tertiary/aromatic N) is 3. The van der Waals surface area contributed by atoms with Crippen molar-refractivity contribution in [1.29, 1.82) is 0 Å². The molecule has 1 saturated carbocycles. The Labute approximate surface area is 204 Å². The van der Waals surface area contributed by atoms with E-state index in [1.54, 1.807) is 24.6 Å². The summed E-state index contributed by atoms with van der Waals surface area (Å²) in [5.41, 5.74) is 4.72. The van der Waals surface area contributed by atoms with Crippen LogP contribution in [-0.2, 0) is 0 Å². The number of aliphatic hydroxyl groups is 1. The van der Waals surface area contributed by atoms with Crippen molar-refractivity contribution in [3.63, 3.8) is 0 Å². The number of aromatic nitrogens is 3. The molecule has 2 aromatic carbocycles. The van der Waals surface area contributed by atoms with Gasteiger partial charge in [-0.05, 0) is 63.4 Å². The molecule has 2 heterocycles. The van der Waals surface area contributed by atoms with E-state index >= 15 is 0 Å². The Bertz CT molecular complexity index is 1370. The van der Waals surface area contributed by atoms with Crippen molar-refractivity contribution < 1.29 is 9.90 Å². The van der Waals surface area contributed by atoms with Gasteiger partial charge in [0.05, 0.1) is 23.2 Å². The van der Waals surface area contributed by atoms with Gasteiger partial charge >= 0.3 is 0 Å². The van der Waals surface area contributed by atoms with Gasteiger partial charge in [-0.3, -0.25) is 4.79 Å². The third-order valence-corrected chi connectivity index (χ3v) is 5.90. The number of benzene rings is 2. The summed E-state index contributed by atoms with van der Waals surface area (Å²) in [4.78, 5) is 17.2. The van der Waals surface area contributed by atoms with Crippen LogP contribution in [0.15, 0.2) is 60.8 Å². The number of hydrogen-bond acceptors (Lipinski definition) is 6. The maximum absolute atomic E-state index is 12.6. The van der Waals surface area contributed by atoms with E-state index in [1.807, 2.05) is 61.5 Å². The van der Waals surface area contributed by atoms with Crippen molar-refractivity contribution >= 4 is 28.7 Å². The third kappa shape index (κ3) is 5.27. The van der Waals surface area contributed by atoms with Crippen molar-refractivity contribution in [2.45, 2.75) is 45.3 Å². The summed E-state index contributed by atoms with van der Waals surface area (Å²) < 4.78 is 1.79. The van der Waals surface area contributed by atoms with Crippen molar-refractivity contribution in [2.24, 2.45) is 0 Å². The molecule has 1 aliphatic carbocycles. The topological polar surface area (TPSA) is 104 Å². The van der Waals surface area contributed by atoms with Crippen LogP contribution >= 0.6 is 0 Å². The SMILES string of the molecule is Cc1cc(-c2cnc3c(NCC(C)(C)O)cc(Nc4ccccc4)nn23)ccc1C(=O)NC1CC1. The smallest absolute Gasteiger partial charge is 0.251 e. The summed E-state index contributed by atoms with van der Waals surface area (Å²) >= 11 is 0. The van der Waals surface area contributed by atoms with E-state index in [4.69, 9.17) is 5.10 Å². The average molecular weight is 471 g/mol. The summed E-state index contributed by atoms with van der Waals surface area (Å²) in [6, 6.07) is 17.8. The maximum Gasteiger partial charge on any atom is 0.251 e.